The number of furan rings is 1. The van der Waals surface area contributed by atoms with Crippen LogP contribution in [0.1, 0.15) is 39.2 Å². The lowest BCUT2D eigenvalue weighted by Gasteiger charge is -2.16. The summed E-state index contributed by atoms with van der Waals surface area (Å²) in [6.07, 6.45) is 4.88. The van der Waals surface area contributed by atoms with Crippen molar-refractivity contribution in [1.29, 1.82) is 0 Å². The number of anilines is 2. The van der Waals surface area contributed by atoms with E-state index in [1.54, 1.807) is 54.0 Å². The van der Waals surface area contributed by atoms with Crippen LogP contribution in [-0.4, -0.2) is 11.9 Å². The minimum atomic E-state index is -0.323. The zero-order chi connectivity index (χ0) is 20.2. The van der Waals surface area contributed by atoms with Crippen molar-refractivity contribution in [2.45, 2.75) is 32.7 Å². The molecule has 0 radical (unpaired) electrons. The summed E-state index contributed by atoms with van der Waals surface area (Å²) in [7, 11) is 0. The summed E-state index contributed by atoms with van der Waals surface area (Å²) >= 11 is 1.60. The smallest absolute Gasteiger partial charge is 0.319 e. The summed E-state index contributed by atoms with van der Waals surface area (Å²) in [6, 6.07) is 12.3. The highest BCUT2D eigenvalue weighted by Gasteiger charge is 2.20. The number of rotatable bonds is 5. The minimum absolute atomic E-state index is 0.0889. The van der Waals surface area contributed by atoms with Gasteiger partial charge in [-0.1, -0.05) is 6.92 Å². The summed E-state index contributed by atoms with van der Waals surface area (Å²) in [5.74, 6) is 1.28. The zero-order valence-corrected chi connectivity index (χ0v) is 17.0. The molecule has 29 heavy (non-hydrogen) atoms. The normalized spacial score (nSPS) is 15.4. The maximum absolute atomic E-state index is 12.6. The highest BCUT2D eigenvalue weighted by Crippen LogP contribution is 2.32. The average molecular weight is 410 g/mol. The lowest BCUT2D eigenvalue weighted by molar-refractivity contribution is 0.103. The van der Waals surface area contributed by atoms with Crippen molar-refractivity contribution in [3.05, 3.63) is 69.8 Å². The van der Waals surface area contributed by atoms with Crippen molar-refractivity contribution in [2.75, 3.05) is 10.6 Å². The molecule has 1 aliphatic rings. The molecule has 0 saturated heterocycles. The number of carbonyl (C=O) groups excluding carboxylic acids is 2. The quantitative estimate of drug-likeness (QED) is 0.552. The van der Waals surface area contributed by atoms with Crippen LogP contribution in [0.2, 0.25) is 0 Å². The van der Waals surface area contributed by atoms with Crippen LogP contribution < -0.4 is 16.0 Å². The number of carbonyl (C=O) groups is 2. The van der Waals surface area contributed by atoms with Crippen LogP contribution in [0.5, 0.6) is 0 Å². The lowest BCUT2D eigenvalue weighted by atomic mass is 9.90. The number of hydrogen-bond donors (Lipinski definition) is 3. The Bertz CT molecular complexity index is 993. The SMILES string of the molecule is CC1CCc2sc(C(=O)Nc3ccc(NC(=O)NCc4ccco4)cc3)cc2C1. The van der Waals surface area contributed by atoms with Gasteiger partial charge in [-0.05, 0) is 73.2 Å². The second kappa shape index (κ2) is 8.53. The molecule has 3 amide bonds. The van der Waals surface area contributed by atoms with Crippen LogP contribution >= 0.6 is 11.3 Å². The molecule has 1 atom stereocenters. The zero-order valence-electron chi connectivity index (χ0n) is 16.2. The molecule has 3 aromatic rings. The molecule has 1 aromatic carbocycles. The molecule has 0 saturated carbocycles. The molecule has 7 heteroatoms. The van der Waals surface area contributed by atoms with E-state index < -0.39 is 0 Å². The van der Waals surface area contributed by atoms with Gasteiger partial charge in [0, 0.05) is 16.3 Å². The van der Waals surface area contributed by atoms with E-state index in [0.29, 0.717) is 29.6 Å². The van der Waals surface area contributed by atoms with Crippen molar-refractivity contribution >= 4 is 34.6 Å². The van der Waals surface area contributed by atoms with Gasteiger partial charge in [0.1, 0.15) is 5.76 Å². The second-order valence-corrected chi connectivity index (χ2v) is 8.46. The number of thiophene rings is 1. The Morgan fingerprint density at radius 3 is 2.62 bits per heavy atom. The number of aryl methyl sites for hydroxylation is 1. The molecule has 6 nitrogen and oxygen atoms in total. The first-order valence-corrected chi connectivity index (χ1v) is 10.5. The van der Waals surface area contributed by atoms with E-state index in [1.165, 1.54) is 16.9 Å². The number of amides is 3. The monoisotopic (exact) mass is 409 g/mol. The molecule has 1 aliphatic carbocycles. The molecule has 2 heterocycles. The molecule has 3 N–H and O–H groups in total. The molecule has 4 rings (SSSR count). The second-order valence-electron chi connectivity index (χ2n) is 7.33. The predicted octanol–water partition coefficient (Wildman–Crippen LogP) is 5.04. The number of nitrogens with one attached hydrogen (secondary N) is 3. The van der Waals surface area contributed by atoms with Crippen LogP contribution in [0.25, 0.3) is 0 Å². The summed E-state index contributed by atoms with van der Waals surface area (Å²) < 4.78 is 5.17. The highest BCUT2D eigenvalue weighted by atomic mass is 32.1. The van der Waals surface area contributed by atoms with Gasteiger partial charge in [-0.2, -0.15) is 0 Å². The first-order valence-electron chi connectivity index (χ1n) is 9.67. The fourth-order valence-electron chi connectivity index (χ4n) is 3.40. The number of hydrogen-bond acceptors (Lipinski definition) is 4. The first kappa shape index (κ1) is 19.3. The molecular formula is C22H23N3O3S. The van der Waals surface area contributed by atoms with Crippen molar-refractivity contribution in [3.8, 4) is 0 Å². The van der Waals surface area contributed by atoms with E-state index in [2.05, 4.69) is 22.9 Å². The molecule has 0 bridgehead atoms. The van der Waals surface area contributed by atoms with Gasteiger partial charge in [0.25, 0.3) is 5.91 Å². The third-order valence-corrected chi connectivity index (χ3v) is 6.19. The fourth-order valence-corrected chi connectivity index (χ4v) is 4.51. The van der Waals surface area contributed by atoms with Crippen molar-refractivity contribution in [2.24, 2.45) is 5.92 Å². The largest absolute Gasteiger partial charge is 0.467 e. The molecule has 1 unspecified atom stereocenters. The molecule has 150 valence electrons. The Hall–Kier alpha value is -3.06. The van der Waals surface area contributed by atoms with E-state index in [4.69, 9.17) is 4.42 Å². The molecule has 2 aromatic heterocycles. The third-order valence-electron chi connectivity index (χ3n) is 4.96. The van der Waals surface area contributed by atoms with Gasteiger partial charge in [0.15, 0.2) is 0 Å². The van der Waals surface area contributed by atoms with Gasteiger partial charge >= 0.3 is 6.03 Å². The topological polar surface area (TPSA) is 83.4 Å². The lowest BCUT2D eigenvalue weighted by Crippen LogP contribution is -2.27. The highest BCUT2D eigenvalue weighted by molar-refractivity contribution is 7.14. The van der Waals surface area contributed by atoms with Gasteiger partial charge in [0.05, 0.1) is 17.7 Å². The first-order chi connectivity index (χ1) is 14.1. The molecule has 0 fully saturated rings. The van der Waals surface area contributed by atoms with Gasteiger partial charge in [0.2, 0.25) is 0 Å². The van der Waals surface area contributed by atoms with Crippen LogP contribution in [-0.2, 0) is 19.4 Å². The Balaban J connectivity index is 1.31. The number of fused-ring (bicyclic) bond motifs is 1. The van der Waals surface area contributed by atoms with Crippen LogP contribution in [0, 0.1) is 5.92 Å². The molecular weight excluding hydrogens is 386 g/mol. The number of benzene rings is 1. The Morgan fingerprint density at radius 2 is 1.90 bits per heavy atom. The summed E-state index contributed by atoms with van der Waals surface area (Å²) in [5.41, 5.74) is 2.65. The summed E-state index contributed by atoms with van der Waals surface area (Å²) in [6.45, 7) is 2.57. The minimum Gasteiger partial charge on any atom is -0.467 e. The predicted molar refractivity (Wildman–Crippen MR) is 114 cm³/mol. The van der Waals surface area contributed by atoms with Crippen LogP contribution in [0.15, 0.2) is 53.1 Å². The third kappa shape index (κ3) is 4.86. The van der Waals surface area contributed by atoms with Crippen LogP contribution in [0.3, 0.4) is 0 Å². The van der Waals surface area contributed by atoms with Gasteiger partial charge < -0.3 is 20.4 Å². The Kier molecular flexibility index (Phi) is 5.67. The maximum atomic E-state index is 12.6. The van der Waals surface area contributed by atoms with Crippen molar-refractivity contribution < 1.29 is 14.0 Å². The Morgan fingerprint density at radius 1 is 1.14 bits per heavy atom. The van der Waals surface area contributed by atoms with Crippen molar-refractivity contribution in [3.63, 3.8) is 0 Å². The van der Waals surface area contributed by atoms with E-state index >= 15 is 0 Å². The van der Waals surface area contributed by atoms with Crippen molar-refractivity contribution in [1.82, 2.24) is 5.32 Å². The number of urea groups is 1. The van der Waals surface area contributed by atoms with Gasteiger partial charge in [-0.25, -0.2) is 4.79 Å². The Labute approximate surface area is 173 Å². The molecule has 0 aliphatic heterocycles. The maximum Gasteiger partial charge on any atom is 0.319 e. The molecule has 0 spiro atoms. The van der Waals surface area contributed by atoms with E-state index in [-0.39, 0.29) is 11.9 Å². The fraction of sp³-hybridized carbons (Fsp3) is 0.273. The average Bonchev–Trinajstić information content (AvgIpc) is 3.37. The van der Waals surface area contributed by atoms with E-state index in [9.17, 15) is 9.59 Å². The van der Waals surface area contributed by atoms with E-state index in [1.807, 2.05) is 6.07 Å². The summed E-state index contributed by atoms with van der Waals surface area (Å²) in [5, 5.41) is 8.40. The van der Waals surface area contributed by atoms with Crippen LogP contribution in [0.4, 0.5) is 16.2 Å². The van der Waals surface area contributed by atoms with E-state index in [0.717, 1.165) is 17.7 Å². The standard InChI is InChI=1S/C22H23N3O3S/c1-14-4-9-19-15(11-14)12-20(29-19)21(26)24-16-5-7-17(8-6-16)25-22(27)23-13-18-3-2-10-28-18/h2-3,5-8,10,12,14H,4,9,11,13H2,1H3,(H,24,26)(H2,23,25,27). The van der Waals surface area contributed by atoms with Gasteiger partial charge in [-0.3, -0.25) is 4.79 Å². The van der Waals surface area contributed by atoms with Gasteiger partial charge in [-0.15, -0.1) is 11.3 Å². The summed E-state index contributed by atoms with van der Waals surface area (Å²) in [4.78, 5) is 26.6.